The molecule has 1 aromatic carbocycles. The fourth-order valence-electron chi connectivity index (χ4n) is 2.92. The summed E-state index contributed by atoms with van der Waals surface area (Å²) in [6.07, 6.45) is 2.75. The second-order valence-corrected chi connectivity index (χ2v) is 9.79. The van der Waals surface area contributed by atoms with Gasteiger partial charge in [0.1, 0.15) is 11.6 Å². The van der Waals surface area contributed by atoms with Crippen LogP contribution in [0.4, 0.5) is 5.82 Å². The Morgan fingerprint density at radius 3 is 2.26 bits per heavy atom. The lowest BCUT2D eigenvalue weighted by Gasteiger charge is -2.35. The van der Waals surface area contributed by atoms with E-state index in [9.17, 15) is 9.67 Å². The topological polar surface area (TPSA) is 102 Å². The van der Waals surface area contributed by atoms with Crippen LogP contribution in [0.2, 0.25) is 0 Å². The Labute approximate surface area is 183 Å². The summed E-state index contributed by atoms with van der Waals surface area (Å²) < 4.78 is 36.1. The molecule has 0 fully saturated rings. The van der Waals surface area contributed by atoms with Gasteiger partial charge in [-0.3, -0.25) is 5.01 Å². The average molecular weight is 453 g/mol. The minimum atomic E-state index is -3.80. The third-order valence-electron chi connectivity index (χ3n) is 5.46. The van der Waals surface area contributed by atoms with Crippen molar-refractivity contribution in [1.29, 1.82) is 0 Å². The van der Waals surface area contributed by atoms with Crippen molar-refractivity contribution in [2.45, 2.75) is 45.7 Å². The molecule has 0 saturated carbocycles. The number of rotatable bonds is 11. The Hall–Kier alpha value is -2.48. The van der Waals surface area contributed by atoms with Crippen LogP contribution < -0.4 is 24.6 Å². The molecule has 0 saturated heterocycles. The fourth-order valence-corrected chi connectivity index (χ4v) is 4.79. The average Bonchev–Trinajstić information content (AvgIpc) is 2.78. The Morgan fingerprint density at radius 2 is 1.77 bits per heavy atom. The van der Waals surface area contributed by atoms with Gasteiger partial charge in [0, 0.05) is 25.4 Å². The van der Waals surface area contributed by atoms with Gasteiger partial charge < -0.3 is 19.1 Å². The van der Waals surface area contributed by atoms with Gasteiger partial charge in [0.25, 0.3) is 0 Å². The lowest BCUT2D eigenvalue weighted by atomic mass is 10.1. The van der Waals surface area contributed by atoms with E-state index in [1.54, 1.807) is 13.2 Å². The number of aryl methyl sites for hydroxylation is 1. The molecule has 0 aliphatic carbocycles. The molecule has 0 radical (unpaired) electrons. The van der Waals surface area contributed by atoms with Crippen molar-refractivity contribution in [3.63, 3.8) is 0 Å². The zero-order valence-corrected chi connectivity index (χ0v) is 20.0. The van der Waals surface area contributed by atoms with Gasteiger partial charge >= 0.3 is 7.60 Å². The smallest absolute Gasteiger partial charge is 0.402 e. The van der Waals surface area contributed by atoms with E-state index in [1.807, 2.05) is 39.8 Å². The summed E-state index contributed by atoms with van der Waals surface area (Å²) >= 11 is 0. The Balaban J connectivity index is 2.39. The highest BCUT2D eigenvalue weighted by Crippen LogP contribution is 2.62. The molecular weight excluding hydrogens is 421 g/mol. The molecule has 0 spiro atoms. The normalized spacial score (nSPS) is 13.4. The molecule has 1 unspecified atom stereocenters. The second-order valence-electron chi connectivity index (χ2n) is 7.35. The maximum absolute atomic E-state index is 14.1. The van der Waals surface area contributed by atoms with Crippen molar-refractivity contribution in [3.05, 3.63) is 36.0 Å². The summed E-state index contributed by atoms with van der Waals surface area (Å²) in [4.78, 5) is 4.31. The van der Waals surface area contributed by atoms with Crippen LogP contribution in [0.5, 0.6) is 23.0 Å². The number of ether oxygens (including phenoxy) is 2. The number of pyridine rings is 1. The SMILES string of the molecule is CCC(C)(CC)P(=O)(ONN(C)c1ncccc1C)Oc1cc(OC)c(O)c(OC)c1. The fraction of sp³-hybridized carbons (Fsp3) is 0.476. The van der Waals surface area contributed by atoms with Gasteiger partial charge in [-0.25, -0.2) is 9.55 Å². The number of aromatic hydroxyl groups is 1. The monoisotopic (exact) mass is 453 g/mol. The number of benzene rings is 1. The quantitative estimate of drug-likeness (QED) is 0.366. The molecule has 1 atom stereocenters. The number of hydrogen-bond acceptors (Lipinski definition) is 9. The van der Waals surface area contributed by atoms with Crippen LogP contribution in [0.25, 0.3) is 0 Å². The summed E-state index contributed by atoms with van der Waals surface area (Å²) in [5.74, 6) is 0.887. The highest BCUT2D eigenvalue weighted by molar-refractivity contribution is 7.56. The van der Waals surface area contributed by atoms with Crippen LogP contribution in [-0.4, -0.2) is 36.5 Å². The Bertz CT molecular complexity index is 910. The van der Waals surface area contributed by atoms with Crippen molar-refractivity contribution in [2.24, 2.45) is 0 Å². The van der Waals surface area contributed by atoms with Gasteiger partial charge in [-0.15, -0.1) is 5.59 Å². The van der Waals surface area contributed by atoms with Crippen molar-refractivity contribution < 1.29 is 28.3 Å². The molecule has 31 heavy (non-hydrogen) atoms. The van der Waals surface area contributed by atoms with E-state index in [0.717, 1.165) is 5.56 Å². The molecule has 0 bridgehead atoms. The highest BCUT2D eigenvalue weighted by atomic mass is 31.2. The van der Waals surface area contributed by atoms with E-state index in [-0.39, 0.29) is 23.0 Å². The molecule has 1 heterocycles. The van der Waals surface area contributed by atoms with Crippen molar-refractivity contribution in [2.75, 3.05) is 26.3 Å². The first-order valence-corrected chi connectivity index (χ1v) is 11.5. The molecule has 0 amide bonds. The van der Waals surface area contributed by atoms with E-state index in [0.29, 0.717) is 18.7 Å². The molecular formula is C21H32N3O6P. The van der Waals surface area contributed by atoms with E-state index < -0.39 is 12.8 Å². The summed E-state index contributed by atoms with van der Waals surface area (Å²) in [5.41, 5.74) is 3.63. The summed E-state index contributed by atoms with van der Waals surface area (Å²) in [7, 11) is 0.718. The first-order chi connectivity index (χ1) is 14.6. The Kier molecular flexibility index (Phi) is 8.17. The number of methoxy groups -OCH3 is 2. The van der Waals surface area contributed by atoms with Gasteiger partial charge in [-0.05, 0) is 38.3 Å². The van der Waals surface area contributed by atoms with Crippen molar-refractivity contribution in [3.8, 4) is 23.0 Å². The minimum Gasteiger partial charge on any atom is -0.502 e. The summed E-state index contributed by atoms with van der Waals surface area (Å²) in [6.45, 7) is 7.60. The predicted molar refractivity (Wildman–Crippen MR) is 120 cm³/mol. The van der Waals surface area contributed by atoms with Crippen molar-refractivity contribution >= 4 is 13.4 Å². The lowest BCUT2D eigenvalue weighted by Crippen LogP contribution is -2.38. The summed E-state index contributed by atoms with van der Waals surface area (Å²) in [5, 5.41) is 10.9. The van der Waals surface area contributed by atoms with Gasteiger partial charge in [0.15, 0.2) is 11.5 Å². The minimum absolute atomic E-state index is 0.129. The number of hydrazine groups is 1. The zero-order chi connectivity index (χ0) is 23.2. The number of phenolic OH excluding ortho intramolecular Hbond substituents is 1. The predicted octanol–water partition coefficient (Wildman–Crippen LogP) is 4.84. The number of phenols is 1. The largest absolute Gasteiger partial charge is 0.502 e. The summed E-state index contributed by atoms with van der Waals surface area (Å²) in [6, 6.07) is 6.62. The lowest BCUT2D eigenvalue weighted by molar-refractivity contribution is 0.149. The maximum Gasteiger partial charge on any atom is 0.402 e. The number of nitrogens with zero attached hydrogens (tertiary/aromatic N) is 2. The molecule has 172 valence electrons. The number of anilines is 1. The van der Waals surface area contributed by atoms with E-state index >= 15 is 0 Å². The third-order valence-corrected chi connectivity index (χ3v) is 8.19. The first-order valence-electron chi connectivity index (χ1n) is 9.99. The Morgan fingerprint density at radius 1 is 1.19 bits per heavy atom. The molecule has 2 N–H and O–H groups in total. The first kappa shape index (κ1) is 24.8. The molecule has 0 aliphatic rings. The highest BCUT2D eigenvalue weighted by Gasteiger charge is 2.47. The number of hydrogen-bond donors (Lipinski definition) is 2. The van der Waals surface area contributed by atoms with E-state index in [4.69, 9.17) is 18.6 Å². The maximum atomic E-state index is 14.1. The molecule has 2 aromatic rings. The zero-order valence-electron chi connectivity index (χ0n) is 19.1. The van der Waals surface area contributed by atoms with Crippen molar-refractivity contribution in [1.82, 2.24) is 10.6 Å². The van der Waals surface area contributed by atoms with Gasteiger partial charge in [0.05, 0.1) is 19.4 Å². The van der Waals surface area contributed by atoms with Crippen LogP contribution in [0.15, 0.2) is 30.5 Å². The van der Waals surface area contributed by atoms with Crippen LogP contribution in [0.1, 0.15) is 39.2 Å². The van der Waals surface area contributed by atoms with Gasteiger partial charge in [-0.1, -0.05) is 19.9 Å². The number of nitrogens with one attached hydrogen (secondary N) is 1. The van der Waals surface area contributed by atoms with Crippen LogP contribution in [-0.2, 0) is 9.19 Å². The second kappa shape index (κ2) is 10.2. The van der Waals surface area contributed by atoms with Gasteiger partial charge in [-0.2, -0.15) is 4.62 Å². The number of aromatic nitrogens is 1. The molecule has 2 rings (SSSR count). The molecule has 9 nitrogen and oxygen atoms in total. The third kappa shape index (κ3) is 5.23. The van der Waals surface area contributed by atoms with E-state index in [1.165, 1.54) is 31.4 Å². The van der Waals surface area contributed by atoms with Crippen LogP contribution in [0, 0.1) is 6.92 Å². The van der Waals surface area contributed by atoms with E-state index in [2.05, 4.69) is 10.6 Å². The molecule has 0 aliphatic heterocycles. The van der Waals surface area contributed by atoms with Gasteiger partial charge in [0.2, 0.25) is 5.75 Å². The molecule has 1 aromatic heterocycles. The standard InChI is InChI=1S/C21H32N3O6P/c1-8-21(4,9-2)31(26,30-23-24(5)20-15(3)11-10-12-22-20)29-16-13-17(27-6)19(25)18(14-16)28-7/h10-14,23,25H,8-9H2,1-7H3. The molecule has 10 heteroatoms. The van der Waals surface area contributed by atoms with Crippen LogP contribution >= 0.6 is 7.60 Å². The van der Waals surface area contributed by atoms with Crippen LogP contribution in [0.3, 0.4) is 0 Å².